The number of amides is 3. The predicted octanol–water partition coefficient (Wildman–Crippen LogP) is 2.16. The molecule has 3 amide bonds. The van der Waals surface area contributed by atoms with Gasteiger partial charge in [0.1, 0.15) is 11.3 Å². The summed E-state index contributed by atoms with van der Waals surface area (Å²) in [6.07, 6.45) is 3.06. The number of piperidine rings is 1. The predicted molar refractivity (Wildman–Crippen MR) is 85.7 cm³/mol. The number of likely N-dealkylation sites (N-methyl/N-ethyl adjacent to an activating group) is 1. The van der Waals surface area contributed by atoms with Gasteiger partial charge >= 0.3 is 6.03 Å². The number of imide groups is 1. The molecule has 126 valence electrons. The third-order valence-electron chi connectivity index (χ3n) is 4.93. The molecule has 6 heteroatoms. The lowest BCUT2D eigenvalue weighted by Crippen LogP contribution is -2.57. The third kappa shape index (κ3) is 2.76. The minimum Gasteiger partial charge on any atom is -0.468 e. The molecule has 0 aliphatic carbocycles. The molecule has 0 saturated carbocycles. The zero-order valence-electron chi connectivity index (χ0n) is 14.1. The van der Waals surface area contributed by atoms with Gasteiger partial charge in [-0.15, -0.1) is 0 Å². The van der Waals surface area contributed by atoms with Gasteiger partial charge < -0.3 is 9.32 Å². The van der Waals surface area contributed by atoms with Crippen LogP contribution in [0.15, 0.2) is 22.8 Å². The van der Waals surface area contributed by atoms with E-state index < -0.39 is 5.54 Å². The first-order valence-electron chi connectivity index (χ1n) is 8.28. The van der Waals surface area contributed by atoms with Crippen molar-refractivity contribution in [2.75, 3.05) is 26.7 Å². The maximum Gasteiger partial charge on any atom is 0.327 e. The van der Waals surface area contributed by atoms with E-state index in [-0.39, 0.29) is 11.9 Å². The Hall–Kier alpha value is -1.82. The van der Waals surface area contributed by atoms with E-state index in [1.165, 1.54) is 4.90 Å². The van der Waals surface area contributed by atoms with E-state index in [2.05, 4.69) is 18.7 Å². The summed E-state index contributed by atoms with van der Waals surface area (Å²) in [5.74, 6) is 1.24. The number of nitrogens with zero attached hydrogens (tertiary/aromatic N) is 3. The number of urea groups is 1. The molecule has 0 radical (unpaired) electrons. The summed E-state index contributed by atoms with van der Waals surface area (Å²) in [6, 6.07) is 3.70. The van der Waals surface area contributed by atoms with Gasteiger partial charge in [-0.2, -0.15) is 0 Å². The number of hydrogen-bond acceptors (Lipinski definition) is 4. The van der Waals surface area contributed by atoms with Gasteiger partial charge in [0.2, 0.25) is 0 Å². The van der Waals surface area contributed by atoms with Crippen LogP contribution in [0.1, 0.15) is 32.4 Å². The van der Waals surface area contributed by atoms with Gasteiger partial charge in [-0.3, -0.25) is 14.6 Å². The molecule has 6 nitrogen and oxygen atoms in total. The molecule has 2 aliphatic rings. The molecular weight excluding hydrogens is 294 g/mol. The van der Waals surface area contributed by atoms with Crippen LogP contribution in [-0.2, 0) is 11.3 Å². The van der Waals surface area contributed by atoms with Crippen molar-refractivity contribution >= 4 is 11.9 Å². The maximum absolute atomic E-state index is 12.7. The molecule has 2 saturated heterocycles. The van der Waals surface area contributed by atoms with Crippen LogP contribution in [-0.4, -0.2) is 58.9 Å². The van der Waals surface area contributed by atoms with E-state index in [0.717, 1.165) is 25.4 Å². The Morgan fingerprint density at radius 3 is 2.52 bits per heavy atom. The van der Waals surface area contributed by atoms with Crippen LogP contribution in [0.5, 0.6) is 0 Å². The Morgan fingerprint density at radius 1 is 1.26 bits per heavy atom. The number of furan rings is 1. The zero-order valence-corrected chi connectivity index (χ0v) is 14.1. The maximum atomic E-state index is 12.7. The second kappa shape index (κ2) is 6.00. The smallest absolute Gasteiger partial charge is 0.327 e. The van der Waals surface area contributed by atoms with E-state index >= 15 is 0 Å². The Morgan fingerprint density at radius 2 is 1.96 bits per heavy atom. The Bertz CT molecular complexity index is 574. The summed E-state index contributed by atoms with van der Waals surface area (Å²) in [4.78, 5) is 30.6. The van der Waals surface area contributed by atoms with Crippen LogP contribution in [0, 0.1) is 5.92 Å². The fraction of sp³-hybridized carbons (Fsp3) is 0.647. The SMILES string of the molecule is CC(C)CN1C(=O)N(C)C(=O)C12CCN(Cc1ccco1)CC2. The number of carbonyl (C=O) groups is 2. The van der Waals surface area contributed by atoms with Gasteiger partial charge in [-0.25, -0.2) is 4.79 Å². The highest BCUT2D eigenvalue weighted by molar-refractivity contribution is 6.06. The summed E-state index contributed by atoms with van der Waals surface area (Å²) < 4.78 is 5.40. The van der Waals surface area contributed by atoms with E-state index in [1.54, 1.807) is 13.3 Å². The molecule has 0 bridgehead atoms. The molecular formula is C17H25N3O3. The second-order valence-electron chi connectivity index (χ2n) is 7.04. The molecule has 2 fully saturated rings. The monoisotopic (exact) mass is 319 g/mol. The largest absolute Gasteiger partial charge is 0.468 e. The summed E-state index contributed by atoms with van der Waals surface area (Å²) in [7, 11) is 1.60. The van der Waals surface area contributed by atoms with Crippen LogP contribution in [0.25, 0.3) is 0 Å². The van der Waals surface area contributed by atoms with Crippen molar-refractivity contribution in [1.29, 1.82) is 0 Å². The van der Waals surface area contributed by atoms with Gasteiger partial charge in [-0.05, 0) is 30.9 Å². The van der Waals surface area contributed by atoms with E-state index in [4.69, 9.17) is 4.42 Å². The van der Waals surface area contributed by atoms with E-state index in [9.17, 15) is 9.59 Å². The number of carbonyl (C=O) groups excluding carboxylic acids is 2. The molecule has 0 N–H and O–H groups in total. The van der Waals surface area contributed by atoms with Crippen molar-refractivity contribution in [1.82, 2.24) is 14.7 Å². The minimum atomic E-state index is -0.643. The third-order valence-corrected chi connectivity index (χ3v) is 4.93. The van der Waals surface area contributed by atoms with Gasteiger partial charge in [0.25, 0.3) is 5.91 Å². The van der Waals surface area contributed by atoms with Gasteiger partial charge in [-0.1, -0.05) is 13.8 Å². The summed E-state index contributed by atoms with van der Waals surface area (Å²) in [5, 5.41) is 0. The summed E-state index contributed by atoms with van der Waals surface area (Å²) >= 11 is 0. The van der Waals surface area contributed by atoms with Crippen LogP contribution in [0.3, 0.4) is 0 Å². The molecule has 3 rings (SSSR count). The van der Waals surface area contributed by atoms with Gasteiger partial charge in [0, 0.05) is 26.7 Å². The first-order valence-corrected chi connectivity index (χ1v) is 8.28. The zero-order chi connectivity index (χ0) is 16.6. The highest BCUT2D eigenvalue weighted by atomic mass is 16.3. The van der Waals surface area contributed by atoms with Crippen LogP contribution < -0.4 is 0 Å². The average molecular weight is 319 g/mol. The summed E-state index contributed by atoms with van der Waals surface area (Å²) in [5.41, 5.74) is -0.643. The van der Waals surface area contributed by atoms with Crippen molar-refractivity contribution in [3.8, 4) is 0 Å². The highest BCUT2D eigenvalue weighted by Gasteiger charge is 2.56. The van der Waals surface area contributed by atoms with E-state index in [1.807, 2.05) is 17.0 Å². The van der Waals surface area contributed by atoms with Crippen LogP contribution in [0.2, 0.25) is 0 Å². The Labute approximate surface area is 137 Å². The minimum absolute atomic E-state index is 0.0409. The van der Waals surface area contributed by atoms with E-state index in [0.29, 0.717) is 25.3 Å². The van der Waals surface area contributed by atoms with Crippen LogP contribution >= 0.6 is 0 Å². The lowest BCUT2D eigenvalue weighted by Gasteiger charge is -2.42. The second-order valence-corrected chi connectivity index (χ2v) is 7.04. The van der Waals surface area contributed by atoms with Crippen molar-refractivity contribution < 1.29 is 14.0 Å². The molecule has 0 aromatic carbocycles. The molecule has 0 atom stereocenters. The Balaban J connectivity index is 1.73. The molecule has 1 aromatic heterocycles. The quantitative estimate of drug-likeness (QED) is 0.798. The first-order chi connectivity index (χ1) is 10.9. The average Bonchev–Trinajstić information content (AvgIpc) is 3.09. The first kappa shape index (κ1) is 16.1. The fourth-order valence-corrected chi connectivity index (χ4v) is 3.68. The number of rotatable bonds is 4. The van der Waals surface area contributed by atoms with Crippen molar-refractivity contribution in [3.63, 3.8) is 0 Å². The summed E-state index contributed by atoms with van der Waals surface area (Å²) in [6.45, 7) is 7.13. The van der Waals surface area contributed by atoms with Crippen molar-refractivity contribution in [2.24, 2.45) is 5.92 Å². The normalized spacial score (nSPS) is 21.9. The number of hydrogen-bond donors (Lipinski definition) is 0. The Kier molecular flexibility index (Phi) is 4.19. The lowest BCUT2D eigenvalue weighted by atomic mass is 9.85. The molecule has 0 unspecified atom stereocenters. The highest BCUT2D eigenvalue weighted by Crippen LogP contribution is 2.37. The molecule has 1 aromatic rings. The molecule has 1 spiro atoms. The topological polar surface area (TPSA) is 57.0 Å². The fourth-order valence-electron chi connectivity index (χ4n) is 3.68. The van der Waals surface area contributed by atoms with Crippen molar-refractivity contribution in [3.05, 3.63) is 24.2 Å². The van der Waals surface area contributed by atoms with Crippen LogP contribution in [0.4, 0.5) is 4.79 Å². The molecule has 2 aliphatic heterocycles. The number of likely N-dealkylation sites (tertiary alicyclic amines) is 1. The standard InChI is InChI=1S/C17H25N3O3/c1-13(2)11-20-16(22)18(3)15(21)17(20)6-8-19(9-7-17)12-14-5-4-10-23-14/h4-5,10,13H,6-9,11-12H2,1-3H3. The molecule has 23 heavy (non-hydrogen) atoms. The van der Waals surface area contributed by atoms with Crippen molar-refractivity contribution in [2.45, 2.75) is 38.8 Å². The lowest BCUT2D eigenvalue weighted by molar-refractivity contribution is -0.135. The van der Waals surface area contributed by atoms with Gasteiger partial charge in [0.05, 0.1) is 12.8 Å². The molecule has 3 heterocycles. The van der Waals surface area contributed by atoms with Gasteiger partial charge in [0.15, 0.2) is 0 Å².